The van der Waals surface area contributed by atoms with E-state index in [0.29, 0.717) is 21.9 Å². The Morgan fingerprint density at radius 2 is 2.00 bits per heavy atom. The van der Waals surface area contributed by atoms with Gasteiger partial charge in [-0.2, -0.15) is 9.64 Å². The van der Waals surface area contributed by atoms with Crippen LogP contribution in [0.4, 0.5) is 15.1 Å². The van der Waals surface area contributed by atoms with Crippen LogP contribution in [0.5, 0.6) is 0 Å². The van der Waals surface area contributed by atoms with E-state index < -0.39 is 5.82 Å². The van der Waals surface area contributed by atoms with E-state index in [2.05, 4.69) is 15.8 Å². The van der Waals surface area contributed by atoms with Crippen LogP contribution in [0.25, 0.3) is 0 Å². The average Bonchev–Trinajstić information content (AvgIpc) is 2.66. The fourth-order valence-electron chi connectivity index (χ4n) is 1.35. The molecule has 0 spiro atoms. The van der Waals surface area contributed by atoms with Gasteiger partial charge < -0.3 is 5.32 Å². The summed E-state index contributed by atoms with van der Waals surface area (Å²) in [7, 11) is 0. The highest BCUT2D eigenvalue weighted by molar-refractivity contribution is 7.10. The van der Waals surface area contributed by atoms with Gasteiger partial charge in [-0.1, -0.05) is 23.2 Å². The van der Waals surface area contributed by atoms with Crippen LogP contribution in [0, 0.1) is 24.1 Å². The Kier molecular flexibility index (Phi) is 3.71. The molecule has 0 aliphatic rings. The van der Waals surface area contributed by atoms with Crippen LogP contribution >= 0.6 is 34.7 Å². The predicted molar refractivity (Wildman–Crippen MR) is 71.3 cm³/mol. The highest BCUT2D eigenvalue weighted by atomic mass is 35.5. The third kappa shape index (κ3) is 2.41. The summed E-state index contributed by atoms with van der Waals surface area (Å²) >= 11 is 12.5. The number of nitrogens with one attached hydrogen (secondary N) is 1. The van der Waals surface area contributed by atoms with Crippen LogP contribution in [-0.4, -0.2) is 4.37 Å². The Morgan fingerprint density at radius 3 is 2.56 bits per heavy atom. The fourth-order valence-corrected chi connectivity index (χ4v) is 2.60. The maximum atomic E-state index is 13.2. The molecule has 0 aliphatic carbocycles. The number of benzene rings is 1. The number of nitrogens with zero attached hydrogens (tertiary/aromatic N) is 2. The zero-order chi connectivity index (χ0) is 13.3. The molecule has 7 heteroatoms. The number of anilines is 2. The molecular formula is C11H6Cl2FN3S. The predicted octanol–water partition coefficient (Wildman–Crippen LogP) is 4.51. The molecule has 0 saturated carbocycles. The summed E-state index contributed by atoms with van der Waals surface area (Å²) in [6, 6.07) is 4.85. The molecule has 1 N–H and O–H groups in total. The molecular weight excluding hydrogens is 296 g/mol. The van der Waals surface area contributed by atoms with Crippen molar-refractivity contribution in [2.24, 2.45) is 0 Å². The van der Waals surface area contributed by atoms with E-state index in [-0.39, 0.29) is 10.0 Å². The summed E-state index contributed by atoms with van der Waals surface area (Å²) in [6.07, 6.45) is 0. The Bertz CT molecular complexity index is 625. The molecule has 1 aromatic heterocycles. The highest BCUT2D eigenvalue weighted by Gasteiger charge is 2.12. The molecule has 0 radical (unpaired) electrons. The summed E-state index contributed by atoms with van der Waals surface area (Å²) in [5.74, 6) is -0.662. The minimum Gasteiger partial charge on any atom is -0.345 e. The van der Waals surface area contributed by atoms with Gasteiger partial charge in [0.15, 0.2) is 5.82 Å². The topological polar surface area (TPSA) is 48.7 Å². The van der Waals surface area contributed by atoms with Crippen molar-refractivity contribution in [3.8, 4) is 6.07 Å². The van der Waals surface area contributed by atoms with Crippen LogP contribution in [0.3, 0.4) is 0 Å². The van der Waals surface area contributed by atoms with Crippen LogP contribution in [0.2, 0.25) is 10.0 Å². The molecule has 0 aliphatic heterocycles. The smallest absolute Gasteiger partial charge is 0.160 e. The number of hydrogen-bond donors (Lipinski definition) is 1. The summed E-state index contributed by atoms with van der Waals surface area (Å²) in [5, 5.41) is 12.4. The molecule has 1 aromatic carbocycles. The monoisotopic (exact) mass is 301 g/mol. The van der Waals surface area contributed by atoms with Crippen molar-refractivity contribution in [3.05, 3.63) is 39.3 Å². The lowest BCUT2D eigenvalue weighted by molar-refractivity contribution is 0.629. The zero-order valence-electron chi connectivity index (χ0n) is 9.09. The van der Waals surface area contributed by atoms with Crippen molar-refractivity contribution in [3.63, 3.8) is 0 Å². The van der Waals surface area contributed by atoms with Gasteiger partial charge in [-0.15, -0.1) is 0 Å². The fraction of sp³-hybridized carbons (Fsp3) is 0.0909. The SMILES string of the molecule is Cc1nsc(Nc2cc(Cl)c(F)c(Cl)c2)c1C#N. The standard InChI is InChI=1S/C11H6Cl2FN3S/c1-5-7(4-15)11(18-17-5)16-6-2-8(12)10(14)9(13)3-6/h2-3,16H,1H3. The molecule has 18 heavy (non-hydrogen) atoms. The first-order chi connectivity index (χ1) is 8.52. The van der Waals surface area contributed by atoms with Gasteiger partial charge in [0.2, 0.25) is 0 Å². The van der Waals surface area contributed by atoms with E-state index in [1.807, 2.05) is 0 Å². The quantitative estimate of drug-likeness (QED) is 0.830. The number of halogens is 3. The van der Waals surface area contributed by atoms with E-state index in [0.717, 1.165) is 11.5 Å². The molecule has 0 atom stereocenters. The molecule has 1 heterocycles. The number of aryl methyl sites for hydroxylation is 1. The molecule has 0 unspecified atom stereocenters. The van der Waals surface area contributed by atoms with Crippen molar-refractivity contribution < 1.29 is 4.39 Å². The largest absolute Gasteiger partial charge is 0.345 e. The Hall–Kier alpha value is -1.35. The van der Waals surface area contributed by atoms with Gasteiger partial charge in [0, 0.05) is 5.69 Å². The number of nitriles is 1. The summed E-state index contributed by atoms with van der Waals surface area (Å²) in [4.78, 5) is 0. The second-order valence-corrected chi connectivity index (χ2v) is 5.05. The molecule has 3 nitrogen and oxygen atoms in total. The van der Waals surface area contributed by atoms with Crippen LogP contribution in [0.1, 0.15) is 11.3 Å². The maximum absolute atomic E-state index is 13.2. The average molecular weight is 302 g/mol. The highest BCUT2D eigenvalue weighted by Crippen LogP contribution is 2.32. The number of rotatable bonds is 2. The van der Waals surface area contributed by atoms with Crippen molar-refractivity contribution in [1.82, 2.24) is 4.37 Å². The van der Waals surface area contributed by atoms with Crippen LogP contribution in [0.15, 0.2) is 12.1 Å². The summed E-state index contributed by atoms with van der Waals surface area (Å²) in [5.41, 5.74) is 1.60. The van der Waals surface area contributed by atoms with Gasteiger partial charge in [0.1, 0.15) is 16.6 Å². The van der Waals surface area contributed by atoms with Gasteiger partial charge in [0.25, 0.3) is 0 Å². The first kappa shape index (κ1) is 13.1. The maximum Gasteiger partial charge on any atom is 0.160 e. The van der Waals surface area contributed by atoms with Gasteiger partial charge >= 0.3 is 0 Å². The molecule has 2 rings (SSSR count). The third-order valence-electron chi connectivity index (χ3n) is 2.22. The van der Waals surface area contributed by atoms with E-state index in [1.165, 1.54) is 12.1 Å². The van der Waals surface area contributed by atoms with Gasteiger partial charge in [-0.25, -0.2) is 4.39 Å². The van der Waals surface area contributed by atoms with Gasteiger partial charge in [0.05, 0.1) is 15.7 Å². The summed E-state index contributed by atoms with van der Waals surface area (Å²) < 4.78 is 17.3. The van der Waals surface area contributed by atoms with E-state index in [4.69, 9.17) is 28.5 Å². The van der Waals surface area contributed by atoms with Gasteiger partial charge in [-0.05, 0) is 30.6 Å². The lowest BCUT2D eigenvalue weighted by Crippen LogP contribution is -1.92. The third-order valence-corrected chi connectivity index (χ3v) is 3.62. The lowest BCUT2D eigenvalue weighted by atomic mass is 10.2. The molecule has 0 amide bonds. The lowest BCUT2D eigenvalue weighted by Gasteiger charge is -2.06. The number of hydrogen-bond acceptors (Lipinski definition) is 4. The van der Waals surface area contributed by atoms with E-state index in [1.54, 1.807) is 6.92 Å². The van der Waals surface area contributed by atoms with E-state index in [9.17, 15) is 4.39 Å². The minimum absolute atomic E-state index is 0.0789. The second kappa shape index (κ2) is 5.11. The van der Waals surface area contributed by atoms with Crippen molar-refractivity contribution in [2.45, 2.75) is 6.92 Å². The van der Waals surface area contributed by atoms with Gasteiger partial charge in [-0.3, -0.25) is 0 Å². The molecule has 0 bridgehead atoms. The van der Waals surface area contributed by atoms with Crippen LogP contribution in [-0.2, 0) is 0 Å². The molecule has 0 saturated heterocycles. The minimum atomic E-state index is -0.662. The van der Waals surface area contributed by atoms with E-state index >= 15 is 0 Å². The first-order valence-electron chi connectivity index (χ1n) is 4.81. The second-order valence-electron chi connectivity index (χ2n) is 3.46. The molecule has 92 valence electrons. The Morgan fingerprint density at radius 1 is 1.39 bits per heavy atom. The van der Waals surface area contributed by atoms with Crippen molar-refractivity contribution >= 4 is 45.4 Å². The number of aromatic nitrogens is 1. The normalized spacial score (nSPS) is 10.2. The van der Waals surface area contributed by atoms with Crippen molar-refractivity contribution in [2.75, 3.05) is 5.32 Å². The zero-order valence-corrected chi connectivity index (χ0v) is 11.4. The Balaban J connectivity index is 2.38. The van der Waals surface area contributed by atoms with Crippen molar-refractivity contribution in [1.29, 1.82) is 5.26 Å². The molecule has 0 fully saturated rings. The molecule has 2 aromatic rings. The van der Waals surface area contributed by atoms with Crippen LogP contribution < -0.4 is 5.32 Å². The first-order valence-corrected chi connectivity index (χ1v) is 6.33. The summed E-state index contributed by atoms with van der Waals surface area (Å²) in [6.45, 7) is 1.74. The Labute approximate surface area is 117 Å².